The largest absolute Gasteiger partial charge is 0.352 e. The van der Waals surface area contributed by atoms with Crippen LogP contribution in [0.4, 0.5) is 13.2 Å². The maximum Gasteiger partial charge on any atom is 0.246 e. The fraction of sp³-hybridized carbons (Fsp3) is 0.200. The Bertz CT molecular complexity index is 1420. The second-order valence-electron chi connectivity index (χ2n) is 8.97. The fourth-order valence-electron chi connectivity index (χ4n) is 4.23. The minimum atomic E-state index is -1.58. The molecule has 0 aliphatic carbocycles. The van der Waals surface area contributed by atoms with Crippen molar-refractivity contribution in [2.45, 2.75) is 39.3 Å². The SMILES string of the molecule is CCCCc1ccc(-c2ccc(-c3ccccc3)n2CC(=O)NC(=N)NCc2ccc(F)c(F)c2F)cc1. The Morgan fingerprint density at radius 2 is 1.50 bits per heavy atom. The number of benzene rings is 3. The van der Waals surface area contributed by atoms with Gasteiger partial charge in [0.2, 0.25) is 5.91 Å². The van der Waals surface area contributed by atoms with E-state index in [0.717, 1.165) is 53.9 Å². The maximum absolute atomic E-state index is 13.9. The van der Waals surface area contributed by atoms with Crippen molar-refractivity contribution in [2.24, 2.45) is 0 Å². The molecule has 8 heteroatoms. The number of amides is 1. The number of hydrogen-bond donors (Lipinski definition) is 3. The molecule has 4 rings (SSSR count). The van der Waals surface area contributed by atoms with Crippen LogP contribution in [0, 0.1) is 22.9 Å². The molecular weight excluding hydrogens is 489 g/mol. The summed E-state index contributed by atoms with van der Waals surface area (Å²) < 4.78 is 42.4. The second kappa shape index (κ2) is 12.3. The van der Waals surface area contributed by atoms with Gasteiger partial charge in [0.15, 0.2) is 23.4 Å². The maximum atomic E-state index is 13.9. The lowest BCUT2D eigenvalue weighted by Crippen LogP contribution is -2.41. The van der Waals surface area contributed by atoms with E-state index in [9.17, 15) is 18.0 Å². The summed E-state index contributed by atoms with van der Waals surface area (Å²) >= 11 is 0. The standard InChI is InChI=1S/C30H29F3N4O/c1-2-3-7-20-10-12-22(13-11-20)26-17-16-25(21-8-5-4-6-9-21)37(26)19-27(38)36-30(34)35-18-23-14-15-24(31)29(33)28(23)32/h4-6,8-17H,2-3,7,18-19H2,1H3,(H3,34,35,36,38). The van der Waals surface area contributed by atoms with E-state index in [0.29, 0.717) is 0 Å². The molecule has 196 valence electrons. The van der Waals surface area contributed by atoms with Gasteiger partial charge in [0.25, 0.3) is 0 Å². The number of guanidine groups is 1. The summed E-state index contributed by atoms with van der Waals surface area (Å²) in [6, 6.07) is 23.8. The zero-order valence-corrected chi connectivity index (χ0v) is 21.0. The van der Waals surface area contributed by atoms with Crippen LogP contribution in [0.25, 0.3) is 22.5 Å². The first-order valence-corrected chi connectivity index (χ1v) is 12.5. The molecule has 0 atom stereocenters. The number of aryl methyl sites for hydroxylation is 1. The van der Waals surface area contributed by atoms with Gasteiger partial charge in [-0.2, -0.15) is 0 Å². The van der Waals surface area contributed by atoms with Crippen molar-refractivity contribution >= 4 is 11.9 Å². The molecule has 0 spiro atoms. The topological polar surface area (TPSA) is 69.9 Å². The number of halogens is 3. The summed E-state index contributed by atoms with van der Waals surface area (Å²) in [5.41, 5.74) is 4.69. The fourth-order valence-corrected chi connectivity index (χ4v) is 4.23. The molecule has 3 aromatic carbocycles. The molecule has 0 bridgehead atoms. The van der Waals surface area contributed by atoms with Crippen molar-refractivity contribution in [3.63, 3.8) is 0 Å². The molecule has 0 saturated heterocycles. The van der Waals surface area contributed by atoms with E-state index in [4.69, 9.17) is 5.41 Å². The predicted octanol–water partition coefficient (Wildman–Crippen LogP) is 6.42. The summed E-state index contributed by atoms with van der Waals surface area (Å²) in [6.07, 6.45) is 3.26. The third-order valence-corrected chi connectivity index (χ3v) is 6.26. The van der Waals surface area contributed by atoms with Crippen LogP contribution in [0.5, 0.6) is 0 Å². The van der Waals surface area contributed by atoms with Crippen LogP contribution in [0.3, 0.4) is 0 Å². The van der Waals surface area contributed by atoms with Gasteiger partial charge in [-0.3, -0.25) is 15.5 Å². The molecule has 0 unspecified atom stereocenters. The van der Waals surface area contributed by atoms with Crippen molar-refractivity contribution in [3.05, 3.63) is 107 Å². The molecule has 1 aromatic heterocycles. The number of rotatable bonds is 9. The average molecular weight is 519 g/mol. The molecule has 0 fully saturated rings. The van der Waals surface area contributed by atoms with E-state index in [2.05, 4.69) is 29.7 Å². The van der Waals surface area contributed by atoms with Crippen LogP contribution >= 0.6 is 0 Å². The lowest BCUT2D eigenvalue weighted by Gasteiger charge is -2.15. The highest BCUT2D eigenvalue weighted by atomic mass is 19.2. The van der Waals surface area contributed by atoms with E-state index in [1.54, 1.807) is 0 Å². The second-order valence-corrected chi connectivity index (χ2v) is 8.97. The summed E-state index contributed by atoms with van der Waals surface area (Å²) in [4.78, 5) is 12.9. The third-order valence-electron chi connectivity index (χ3n) is 6.26. The predicted molar refractivity (Wildman–Crippen MR) is 143 cm³/mol. The Balaban J connectivity index is 1.50. The summed E-state index contributed by atoms with van der Waals surface area (Å²) in [5, 5.41) is 13.0. The quantitative estimate of drug-likeness (QED) is 0.136. The van der Waals surface area contributed by atoms with Crippen LogP contribution in [0.2, 0.25) is 0 Å². The molecule has 0 saturated carbocycles. The normalized spacial score (nSPS) is 10.8. The van der Waals surface area contributed by atoms with Gasteiger partial charge < -0.3 is 9.88 Å². The van der Waals surface area contributed by atoms with Gasteiger partial charge in [0.05, 0.1) is 0 Å². The zero-order chi connectivity index (χ0) is 27.1. The van der Waals surface area contributed by atoms with Crippen LogP contribution < -0.4 is 10.6 Å². The van der Waals surface area contributed by atoms with E-state index in [1.165, 1.54) is 5.56 Å². The first-order chi connectivity index (χ1) is 18.4. The first-order valence-electron chi connectivity index (χ1n) is 12.5. The lowest BCUT2D eigenvalue weighted by atomic mass is 10.0. The van der Waals surface area contributed by atoms with E-state index in [1.807, 2.05) is 59.2 Å². The Kier molecular flexibility index (Phi) is 8.63. The molecular formula is C30H29F3N4O. The van der Waals surface area contributed by atoms with Crippen molar-refractivity contribution in [1.29, 1.82) is 5.41 Å². The molecule has 3 N–H and O–H groups in total. The first kappa shape index (κ1) is 26.7. The van der Waals surface area contributed by atoms with Crippen LogP contribution in [-0.4, -0.2) is 16.4 Å². The van der Waals surface area contributed by atoms with Crippen LogP contribution in [0.1, 0.15) is 30.9 Å². The van der Waals surface area contributed by atoms with Gasteiger partial charge in [-0.1, -0.05) is 74.0 Å². The molecule has 1 heterocycles. The number of hydrogen-bond acceptors (Lipinski definition) is 2. The van der Waals surface area contributed by atoms with Gasteiger partial charge in [0, 0.05) is 23.5 Å². The number of nitrogens with one attached hydrogen (secondary N) is 3. The van der Waals surface area contributed by atoms with Crippen molar-refractivity contribution in [2.75, 3.05) is 0 Å². The molecule has 0 aliphatic rings. The molecule has 1 amide bonds. The highest BCUT2D eigenvalue weighted by Crippen LogP contribution is 2.29. The molecule has 4 aromatic rings. The van der Waals surface area contributed by atoms with Gasteiger partial charge >= 0.3 is 0 Å². The molecule has 0 aliphatic heterocycles. The van der Waals surface area contributed by atoms with Crippen molar-refractivity contribution in [3.8, 4) is 22.5 Å². The van der Waals surface area contributed by atoms with Gasteiger partial charge in [-0.25, -0.2) is 13.2 Å². The highest BCUT2D eigenvalue weighted by molar-refractivity contribution is 5.95. The summed E-state index contributed by atoms with van der Waals surface area (Å²) in [6.45, 7) is 1.79. The number of aromatic nitrogens is 1. The number of unbranched alkanes of at least 4 members (excludes halogenated alkanes) is 1. The smallest absolute Gasteiger partial charge is 0.246 e. The zero-order valence-electron chi connectivity index (χ0n) is 21.0. The molecule has 38 heavy (non-hydrogen) atoms. The highest BCUT2D eigenvalue weighted by Gasteiger charge is 2.17. The Morgan fingerprint density at radius 3 is 2.16 bits per heavy atom. The molecule has 5 nitrogen and oxygen atoms in total. The van der Waals surface area contributed by atoms with Crippen LogP contribution in [-0.2, 0) is 24.3 Å². The Morgan fingerprint density at radius 1 is 0.842 bits per heavy atom. The van der Waals surface area contributed by atoms with E-state index < -0.39 is 23.4 Å². The van der Waals surface area contributed by atoms with Gasteiger partial charge in [0.1, 0.15) is 6.54 Å². The monoisotopic (exact) mass is 518 g/mol. The number of carbonyl (C=O) groups is 1. The van der Waals surface area contributed by atoms with E-state index in [-0.39, 0.29) is 24.6 Å². The Hall–Kier alpha value is -4.33. The average Bonchev–Trinajstić information content (AvgIpc) is 3.34. The van der Waals surface area contributed by atoms with E-state index >= 15 is 0 Å². The molecule has 0 radical (unpaired) electrons. The van der Waals surface area contributed by atoms with Gasteiger partial charge in [-0.15, -0.1) is 0 Å². The Labute approximate surface area is 219 Å². The minimum Gasteiger partial charge on any atom is -0.352 e. The van der Waals surface area contributed by atoms with Crippen molar-refractivity contribution in [1.82, 2.24) is 15.2 Å². The lowest BCUT2D eigenvalue weighted by molar-refractivity contribution is -0.120. The third kappa shape index (κ3) is 6.32. The number of carbonyl (C=O) groups excluding carboxylic acids is 1. The summed E-state index contributed by atoms with van der Waals surface area (Å²) in [7, 11) is 0. The van der Waals surface area contributed by atoms with Crippen LogP contribution in [0.15, 0.2) is 78.9 Å². The van der Waals surface area contributed by atoms with Crippen molar-refractivity contribution < 1.29 is 18.0 Å². The minimum absolute atomic E-state index is 0.0757. The summed E-state index contributed by atoms with van der Waals surface area (Å²) in [5.74, 6) is -5.05. The van der Waals surface area contributed by atoms with Gasteiger partial charge in [-0.05, 0) is 47.7 Å². The number of nitrogens with zero attached hydrogens (tertiary/aromatic N) is 1.